The average molecular weight is 313 g/mol. The van der Waals surface area contributed by atoms with Crippen LogP contribution in [0.5, 0.6) is 0 Å². The molecule has 0 aromatic rings. The number of esters is 1. The maximum atomic E-state index is 11.7. The summed E-state index contributed by atoms with van der Waals surface area (Å²) in [5.41, 5.74) is 1.21. The second-order valence-electron chi connectivity index (χ2n) is 7.67. The van der Waals surface area contributed by atoms with Crippen molar-refractivity contribution >= 4 is 14.3 Å². The molecule has 122 valence electrons. The third-order valence-corrected chi connectivity index (χ3v) is 9.57. The van der Waals surface area contributed by atoms with E-state index in [0.717, 1.165) is 19.4 Å². The molecule has 1 fully saturated rings. The zero-order valence-corrected chi connectivity index (χ0v) is 15.8. The molecule has 0 aliphatic heterocycles. The molecule has 1 rings (SSSR count). The second kappa shape index (κ2) is 7.10. The van der Waals surface area contributed by atoms with Gasteiger partial charge in [-0.2, -0.15) is 0 Å². The fraction of sp³-hybridized carbons (Fsp3) is 0.824. The fourth-order valence-corrected chi connectivity index (χ4v) is 3.48. The minimum absolute atomic E-state index is 0.209. The Balaban J connectivity index is 2.73. The smallest absolute Gasteiger partial charge is 0.330 e. The summed E-state index contributed by atoms with van der Waals surface area (Å²) in [5.74, 6) is 0.734. The minimum Gasteiger partial charge on any atom is -0.463 e. The number of hydrogen-bond acceptors (Lipinski definition) is 3. The van der Waals surface area contributed by atoms with Crippen LogP contribution in [0.15, 0.2) is 11.6 Å². The summed E-state index contributed by atoms with van der Waals surface area (Å²) in [6.45, 7) is 16.6. The van der Waals surface area contributed by atoms with Crippen LogP contribution in [0.1, 0.15) is 47.5 Å². The molecule has 0 N–H and O–H groups in total. The van der Waals surface area contributed by atoms with Crippen LogP contribution in [-0.2, 0) is 14.0 Å². The van der Waals surface area contributed by atoms with Crippen molar-refractivity contribution in [1.29, 1.82) is 0 Å². The number of ether oxygens (including phenoxy) is 1. The van der Waals surface area contributed by atoms with E-state index in [4.69, 9.17) is 9.16 Å². The Morgan fingerprint density at radius 2 is 2.00 bits per heavy atom. The van der Waals surface area contributed by atoms with E-state index in [1.807, 2.05) is 6.92 Å². The van der Waals surface area contributed by atoms with Gasteiger partial charge in [-0.1, -0.05) is 33.3 Å². The summed E-state index contributed by atoms with van der Waals surface area (Å²) in [4.78, 5) is 11.7. The standard InChI is InChI=1S/C17H32O3Si/c1-8-19-16(18)11-14-10-9-13(2)15(14)12-20-21(6,7)17(3,4)5/h11,13,15H,8-10,12H2,1-7H3/b14-11+/t13-,15+/m0/s1. The third kappa shape index (κ3) is 4.96. The van der Waals surface area contributed by atoms with Crippen LogP contribution in [-0.4, -0.2) is 27.5 Å². The van der Waals surface area contributed by atoms with Gasteiger partial charge >= 0.3 is 5.97 Å². The van der Waals surface area contributed by atoms with E-state index in [1.54, 1.807) is 6.08 Å². The van der Waals surface area contributed by atoms with Crippen molar-refractivity contribution < 1.29 is 14.0 Å². The lowest BCUT2D eigenvalue weighted by Gasteiger charge is -2.37. The monoisotopic (exact) mass is 312 g/mol. The van der Waals surface area contributed by atoms with Crippen molar-refractivity contribution in [3.63, 3.8) is 0 Å². The van der Waals surface area contributed by atoms with Crippen LogP contribution >= 0.6 is 0 Å². The topological polar surface area (TPSA) is 35.5 Å². The van der Waals surface area contributed by atoms with Crippen molar-refractivity contribution in [3.05, 3.63) is 11.6 Å². The van der Waals surface area contributed by atoms with Gasteiger partial charge in [-0.3, -0.25) is 0 Å². The van der Waals surface area contributed by atoms with Gasteiger partial charge in [0.2, 0.25) is 0 Å². The van der Waals surface area contributed by atoms with Gasteiger partial charge in [-0.05, 0) is 43.8 Å². The summed E-state index contributed by atoms with van der Waals surface area (Å²) in [6.07, 6.45) is 3.83. The van der Waals surface area contributed by atoms with E-state index in [9.17, 15) is 4.79 Å². The Hall–Kier alpha value is -0.613. The maximum absolute atomic E-state index is 11.7. The van der Waals surface area contributed by atoms with Gasteiger partial charge in [0.25, 0.3) is 0 Å². The van der Waals surface area contributed by atoms with Crippen LogP contribution < -0.4 is 0 Å². The van der Waals surface area contributed by atoms with Crippen molar-refractivity contribution in [2.75, 3.05) is 13.2 Å². The zero-order valence-electron chi connectivity index (χ0n) is 14.8. The number of hydrogen-bond donors (Lipinski definition) is 0. The van der Waals surface area contributed by atoms with E-state index in [2.05, 4.69) is 40.8 Å². The molecule has 0 radical (unpaired) electrons. The number of carbonyl (C=O) groups excluding carboxylic acids is 1. The first kappa shape index (κ1) is 18.4. The highest BCUT2D eigenvalue weighted by molar-refractivity contribution is 6.74. The molecule has 2 atom stereocenters. The molecule has 0 aromatic carbocycles. The van der Waals surface area contributed by atoms with Crippen molar-refractivity contribution in [2.24, 2.45) is 11.8 Å². The molecule has 0 aromatic heterocycles. The van der Waals surface area contributed by atoms with E-state index >= 15 is 0 Å². The normalized spacial score (nSPS) is 25.4. The lowest BCUT2D eigenvalue weighted by molar-refractivity contribution is -0.137. The lowest BCUT2D eigenvalue weighted by atomic mass is 9.96. The van der Waals surface area contributed by atoms with Crippen LogP contribution in [0.3, 0.4) is 0 Å². The Kier molecular flexibility index (Phi) is 6.23. The van der Waals surface area contributed by atoms with Crippen molar-refractivity contribution in [1.82, 2.24) is 0 Å². The van der Waals surface area contributed by atoms with Gasteiger partial charge in [-0.25, -0.2) is 4.79 Å². The molecule has 21 heavy (non-hydrogen) atoms. The first-order chi connectivity index (χ1) is 9.58. The Bertz CT molecular complexity index is 393. The van der Waals surface area contributed by atoms with E-state index in [-0.39, 0.29) is 11.0 Å². The van der Waals surface area contributed by atoms with Crippen LogP contribution in [0.4, 0.5) is 0 Å². The number of rotatable bonds is 5. The van der Waals surface area contributed by atoms with Gasteiger partial charge in [0.05, 0.1) is 6.61 Å². The molecule has 1 aliphatic rings. The molecule has 0 saturated heterocycles. The Morgan fingerprint density at radius 1 is 1.38 bits per heavy atom. The van der Waals surface area contributed by atoms with Crippen molar-refractivity contribution in [3.8, 4) is 0 Å². The van der Waals surface area contributed by atoms with E-state index < -0.39 is 8.32 Å². The van der Waals surface area contributed by atoms with Gasteiger partial charge in [-0.15, -0.1) is 0 Å². The molecule has 3 nitrogen and oxygen atoms in total. The lowest BCUT2D eigenvalue weighted by Crippen LogP contribution is -2.42. The fourth-order valence-electron chi connectivity index (χ4n) is 2.45. The summed E-state index contributed by atoms with van der Waals surface area (Å²) in [5, 5.41) is 0.222. The van der Waals surface area contributed by atoms with Crippen molar-refractivity contribution in [2.45, 2.75) is 65.6 Å². The molecule has 0 bridgehead atoms. The van der Waals surface area contributed by atoms with Gasteiger partial charge in [0.15, 0.2) is 8.32 Å². The third-order valence-electron chi connectivity index (χ3n) is 5.07. The molecule has 0 amide bonds. The molecule has 1 aliphatic carbocycles. The van der Waals surface area contributed by atoms with Crippen LogP contribution in [0.25, 0.3) is 0 Å². The summed E-state index contributed by atoms with van der Waals surface area (Å²) >= 11 is 0. The van der Waals surface area contributed by atoms with Gasteiger partial charge in [0.1, 0.15) is 0 Å². The Morgan fingerprint density at radius 3 is 2.52 bits per heavy atom. The molecule has 0 unspecified atom stereocenters. The first-order valence-corrected chi connectivity index (χ1v) is 11.0. The highest BCUT2D eigenvalue weighted by Gasteiger charge is 2.39. The molecular formula is C17H32O3Si. The molecule has 0 spiro atoms. The van der Waals surface area contributed by atoms with Crippen LogP contribution in [0.2, 0.25) is 18.1 Å². The van der Waals surface area contributed by atoms with E-state index in [1.165, 1.54) is 5.57 Å². The predicted molar refractivity (Wildman–Crippen MR) is 89.8 cm³/mol. The van der Waals surface area contributed by atoms with Gasteiger partial charge in [0, 0.05) is 18.6 Å². The zero-order chi connectivity index (χ0) is 16.3. The van der Waals surface area contributed by atoms with Gasteiger partial charge < -0.3 is 9.16 Å². The highest BCUT2D eigenvalue weighted by Crippen LogP contribution is 2.40. The van der Waals surface area contributed by atoms with E-state index in [0.29, 0.717) is 18.4 Å². The summed E-state index contributed by atoms with van der Waals surface area (Å²) in [7, 11) is -1.73. The molecule has 4 heteroatoms. The quantitative estimate of drug-likeness (QED) is 0.424. The first-order valence-electron chi connectivity index (χ1n) is 8.09. The Labute approximate surface area is 131 Å². The highest BCUT2D eigenvalue weighted by atomic mass is 28.4. The molecule has 0 heterocycles. The summed E-state index contributed by atoms with van der Waals surface area (Å²) < 4.78 is 11.4. The SMILES string of the molecule is CCOC(=O)/C=C1\CC[C@H](C)[C@H]1CO[Si](C)(C)C(C)(C)C. The number of carbonyl (C=O) groups is 1. The molecule has 1 saturated carbocycles. The largest absolute Gasteiger partial charge is 0.463 e. The predicted octanol–water partition coefficient (Wildman–Crippen LogP) is 4.54. The maximum Gasteiger partial charge on any atom is 0.330 e. The summed E-state index contributed by atoms with van der Waals surface area (Å²) in [6, 6.07) is 0. The minimum atomic E-state index is -1.73. The molecular weight excluding hydrogens is 280 g/mol. The second-order valence-corrected chi connectivity index (χ2v) is 12.5. The van der Waals surface area contributed by atoms with Crippen LogP contribution in [0, 0.1) is 11.8 Å². The average Bonchev–Trinajstić information content (AvgIpc) is 2.66.